The maximum absolute atomic E-state index is 12.0. The van der Waals surface area contributed by atoms with Crippen LogP contribution in [0.25, 0.3) is 10.9 Å². The van der Waals surface area contributed by atoms with Gasteiger partial charge >= 0.3 is 0 Å². The Bertz CT molecular complexity index is 892. The van der Waals surface area contributed by atoms with Gasteiger partial charge in [-0.25, -0.2) is 23.3 Å². The molecule has 1 N–H and O–H groups in total. The van der Waals surface area contributed by atoms with Crippen molar-refractivity contribution in [3.05, 3.63) is 24.5 Å². The Morgan fingerprint density at radius 2 is 2.08 bits per heavy atom. The van der Waals surface area contributed by atoms with E-state index >= 15 is 0 Å². The second-order valence-electron chi connectivity index (χ2n) is 6.83. The van der Waals surface area contributed by atoms with Crippen molar-refractivity contribution >= 4 is 26.6 Å². The quantitative estimate of drug-likeness (QED) is 0.914. The summed E-state index contributed by atoms with van der Waals surface area (Å²) < 4.78 is 26.9. The molecule has 1 unspecified atom stereocenters. The monoisotopic (exact) mass is 347 g/mol. The van der Waals surface area contributed by atoms with E-state index in [9.17, 15) is 4.21 Å². The van der Waals surface area contributed by atoms with E-state index < -0.39 is 9.92 Å². The minimum Gasteiger partial charge on any atom is -0.494 e. The first-order chi connectivity index (χ1) is 11.4. The molecule has 2 aliphatic heterocycles. The molecule has 128 valence electrons. The van der Waals surface area contributed by atoms with E-state index in [0.29, 0.717) is 0 Å². The van der Waals surface area contributed by atoms with Crippen LogP contribution < -0.4 is 9.64 Å². The summed E-state index contributed by atoms with van der Waals surface area (Å²) in [6.45, 7) is 3.23. The summed E-state index contributed by atoms with van der Waals surface area (Å²) in [6.07, 6.45) is 4.07. The fraction of sp³-hybridized carbons (Fsp3) is 0.500. The van der Waals surface area contributed by atoms with Crippen LogP contribution in [0.1, 0.15) is 6.42 Å². The summed E-state index contributed by atoms with van der Waals surface area (Å²) in [6, 6.07) is 5.87. The van der Waals surface area contributed by atoms with E-state index in [1.165, 1.54) is 6.26 Å². The lowest BCUT2D eigenvalue weighted by molar-refractivity contribution is 0.230. The number of hydrogen-bond donors (Lipinski definition) is 1. The van der Waals surface area contributed by atoms with Gasteiger partial charge in [-0.2, -0.15) is 0 Å². The van der Waals surface area contributed by atoms with Crippen molar-refractivity contribution < 1.29 is 8.95 Å². The fourth-order valence-corrected chi connectivity index (χ4v) is 4.79. The van der Waals surface area contributed by atoms with Crippen LogP contribution in [0.4, 0.5) is 5.82 Å². The Morgan fingerprint density at radius 3 is 2.75 bits per heavy atom. The lowest BCUT2D eigenvalue weighted by atomic mass is 9.79. The van der Waals surface area contributed by atoms with Gasteiger partial charge in [0.2, 0.25) is 0 Å². The molecule has 24 heavy (non-hydrogen) atoms. The molecule has 1 spiro atoms. The summed E-state index contributed by atoms with van der Waals surface area (Å²) in [5.41, 5.74) is 0.956. The average Bonchev–Trinajstić information content (AvgIpc) is 2.98. The number of anilines is 1. The number of benzene rings is 1. The minimum atomic E-state index is -2.60. The van der Waals surface area contributed by atoms with Gasteiger partial charge in [0.05, 0.1) is 7.11 Å². The largest absolute Gasteiger partial charge is 0.494 e. The Kier molecular flexibility index (Phi) is 3.43. The lowest BCUT2D eigenvalue weighted by Crippen LogP contribution is -2.58. The summed E-state index contributed by atoms with van der Waals surface area (Å²) in [5, 5.41) is 0.987. The van der Waals surface area contributed by atoms with Crippen molar-refractivity contribution in [1.82, 2.24) is 14.3 Å². The standard InChI is InChI=1S/C16H21N5O2S/c1-23-13-5-3-4-12-14(13)18-11-19-15(12)20-8-16(9-20)6-7-21(10-16)24(2,17)22/h3-5,11,17H,6-10H2,1-2H3. The number of ether oxygens (including phenoxy) is 1. The van der Waals surface area contributed by atoms with Crippen LogP contribution >= 0.6 is 0 Å². The first-order valence-corrected chi connectivity index (χ1v) is 9.86. The highest BCUT2D eigenvalue weighted by Gasteiger charge is 2.49. The molecule has 8 heteroatoms. The van der Waals surface area contributed by atoms with E-state index in [4.69, 9.17) is 9.52 Å². The van der Waals surface area contributed by atoms with Crippen molar-refractivity contribution in [2.24, 2.45) is 5.41 Å². The van der Waals surface area contributed by atoms with Gasteiger partial charge in [-0.1, -0.05) is 6.07 Å². The van der Waals surface area contributed by atoms with Crippen LogP contribution in [0.5, 0.6) is 5.75 Å². The third-order valence-corrected chi connectivity index (χ3v) is 6.37. The Labute approximate surface area is 141 Å². The van der Waals surface area contributed by atoms with E-state index in [1.807, 2.05) is 22.5 Å². The minimum absolute atomic E-state index is 0.135. The van der Waals surface area contributed by atoms with Gasteiger partial charge in [0, 0.05) is 43.2 Å². The van der Waals surface area contributed by atoms with Crippen LogP contribution in [0.15, 0.2) is 24.5 Å². The van der Waals surface area contributed by atoms with Gasteiger partial charge in [-0.15, -0.1) is 0 Å². The predicted octanol–water partition coefficient (Wildman–Crippen LogP) is 1.74. The second kappa shape index (κ2) is 5.29. The van der Waals surface area contributed by atoms with Gasteiger partial charge in [-0.05, 0) is 18.6 Å². The molecule has 2 saturated heterocycles. The highest BCUT2D eigenvalue weighted by molar-refractivity contribution is 7.89. The smallest absolute Gasteiger partial charge is 0.145 e. The molecular formula is C16H21N5O2S. The number of fused-ring (bicyclic) bond motifs is 1. The molecule has 0 aliphatic carbocycles. The molecule has 0 amide bonds. The molecule has 0 radical (unpaired) electrons. The summed E-state index contributed by atoms with van der Waals surface area (Å²) >= 11 is 0. The van der Waals surface area contributed by atoms with Gasteiger partial charge in [-0.3, -0.25) is 0 Å². The number of para-hydroxylation sites is 1. The summed E-state index contributed by atoms with van der Waals surface area (Å²) in [5.74, 6) is 1.67. The van der Waals surface area contributed by atoms with E-state index in [-0.39, 0.29) is 5.41 Å². The molecule has 2 fully saturated rings. The zero-order valence-electron chi connectivity index (χ0n) is 13.9. The third kappa shape index (κ3) is 2.41. The average molecular weight is 347 g/mol. The molecule has 1 aromatic heterocycles. The Hall–Kier alpha value is -1.93. The maximum Gasteiger partial charge on any atom is 0.145 e. The Balaban J connectivity index is 1.59. The van der Waals surface area contributed by atoms with Crippen molar-refractivity contribution in [3.8, 4) is 5.75 Å². The predicted molar refractivity (Wildman–Crippen MR) is 93.7 cm³/mol. The van der Waals surface area contributed by atoms with Crippen molar-refractivity contribution in [2.45, 2.75) is 6.42 Å². The van der Waals surface area contributed by atoms with Gasteiger partial charge in [0.15, 0.2) is 0 Å². The van der Waals surface area contributed by atoms with Gasteiger partial charge in [0.1, 0.15) is 33.3 Å². The van der Waals surface area contributed by atoms with E-state index in [2.05, 4.69) is 14.9 Å². The molecule has 0 saturated carbocycles. The van der Waals surface area contributed by atoms with Crippen molar-refractivity contribution in [2.75, 3.05) is 44.4 Å². The van der Waals surface area contributed by atoms with E-state index in [0.717, 1.165) is 55.1 Å². The van der Waals surface area contributed by atoms with Crippen LogP contribution in [0.2, 0.25) is 0 Å². The first-order valence-electron chi connectivity index (χ1n) is 7.93. The van der Waals surface area contributed by atoms with Crippen LogP contribution in [-0.4, -0.2) is 58.0 Å². The first kappa shape index (κ1) is 15.6. The molecule has 2 aliphatic rings. The number of aromatic nitrogens is 2. The van der Waals surface area contributed by atoms with Gasteiger partial charge in [0.25, 0.3) is 0 Å². The SMILES string of the molecule is COc1cccc2c(N3CC4(CCN(S(C)(=N)=O)C4)C3)ncnc12. The van der Waals surface area contributed by atoms with Crippen molar-refractivity contribution in [1.29, 1.82) is 4.78 Å². The third-order valence-electron chi connectivity index (χ3n) is 5.07. The Morgan fingerprint density at radius 1 is 1.29 bits per heavy atom. The van der Waals surface area contributed by atoms with Crippen LogP contribution in [0, 0.1) is 10.2 Å². The molecule has 1 aromatic carbocycles. The van der Waals surface area contributed by atoms with Gasteiger partial charge < -0.3 is 9.64 Å². The zero-order valence-corrected chi connectivity index (χ0v) is 14.7. The second-order valence-corrected chi connectivity index (χ2v) is 8.95. The molecule has 7 nitrogen and oxygen atoms in total. The van der Waals surface area contributed by atoms with Crippen LogP contribution in [-0.2, 0) is 9.92 Å². The number of hydrogen-bond acceptors (Lipinski definition) is 6. The van der Waals surface area contributed by atoms with Crippen molar-refractivity contribution in [3.63, 3.8) is 0 Å². The maximum atomic E-state index is 12.0. The fourth-order valence-electron chi connectivity index (χ4n) is 3.83. The highest BCUT2D eigenvalue weighted by atomic mass is 32.2. The summed E-state index contributed by atoms with van der Waals surface area (Å²) in [7, 11) is -0.959. The molecule has 2 aromatic rings. The molecular weight excluding hydrogens is 326 g/mol. The number of nitrogens with zero attached hydrogens (tertiary/aromatic N) is 4. The normalized spacial score (nSPS) is 22.5. The van der Waals surface area contributed by atoms with Crippen LogP contribution in [0.3, 0.4) is 0 Å². The topological polar surface area (TPSA) is 82.4 Å². The molecule has 0 bridgehead atoms. The molecule has 3 heterocycles. The lowest BCUT2D eigenvalue weighted by Gasteiger charge is -2.49. The highest BCUT2D eigenvalue weighted by Crippen LogP contribution is 2.43. The van der Waals surface area contributed by atoms with E-state index in [1.54, 1.807) is 13.4 Å². The zero-order chi connectivity index (χ0) is 16.9. The number of nitrogens with one attached hydrogen (secondary N) is 1. The molecule has 4 rings (SSSR count). The number of methoxy groups -OCH3 is 1. The number of rotatable bonds is 3. The summed E-state index contributed by atoms with van der Waals surface area (Å²) in [4.78, 5) is 11.1. The molecule has 1 atom stereocenters.